The maximum atomic E-state index is 11.4. The fourth-order valence-corrected chi connectivity index (χ4v) is 2.29. The second-order valence-corrected chi connectivity index (χ2v) is 4.78. The minimum absolute atomic E-state index is 0.278. The third-order valence-electron chi connectivity index (χ3n) is 3.40. The van der Waals surface area contributed by atoms with Gasteiger partial charge in [-0.15, -0.1) is 0 Å². The highest BCUT2D eigenvalue weighted by molar-refractivity contribution is 5.95. The number of nitrogens with two attached hydrogens (primary N) is 1. The van der Waals surface area contributed by atoms with E-state index in [9.17, 15) is 4.79 Å². The van der Waals surface area contributed by atoms with Gasteiger partial charge in [-0.2, -0.15) is 0 Å². The lowest BCUT2D eigenvalue weighted by Crippen LogP contribution is -2.15. The molecular weight excluding hydrogens is 264 g/mol. The van der Waals surface area contributed by atoms with Crippen LogP contribution in [0.4, 0.5) is 0 Å². The van der Waals surface area contributed by atoms with Crippen LogP contribution < -0.4 is 15.8 Å². The van der Waals surface area contributed by atoms with E-state index in [4.69, 9.17) is 10.5 Å². The molecular formula is C17H20N2O2. The number of amides is 1. The van der Waals surface area contributed by atoms with E-state index in [0.29, 0.717) is 17.1 Å². The fraction of sp³-hybridized carbons (Fsp3) is 0.235. The fourth-order valence-electron chi connectivity index (χ4n) is 2.29. The average Bonchev–Trinajstić information content (AvgIpc) is 2.49. The number of hydrogen-bond acceptors (Lipinski definition) is 3. The first kappa shape index (κ1) is 15.1. The molecule has 2 aromatic carbocycles. The number of benzene rings is 2. The predicted molar refractivity (Wildman–Crippen MR) is 83.6 cm³/mol. The van der Waals surface area contributed by atoms with Crippen molar-refractivity contribution in [3.63, 3.8) is 0 Å². The number of primary amides is 1. The van der Waals surface area contributed by atoms with Crippen molar-refractivity contribution in [1.82, 2.24) is 5.32 Å². The molecule has 0 fully saturated rings. The third-order valence-corrected chi connectivity index (χ3v) is 3.40. The van der Waals surface area contributed by atoms with Crippen molar-refractivity contribution in [1.29, 1.82) is 0 Å². The quantitative estimate of drug-likeness (QED) is 0.855. The molecule has 4 nitrogen and oxygen atoms in total. The number of hydrogen-bond donors (Lipinski definition) is 2. The van der Waals surface area contributed by atoms with Gasteiger partial charge in [0.15, 0.2) is 0 Å². The molecule has 0 heterocycles. The lowest BCUT2D eigenvalue weighted by Gasteiger charge is -2.16. The summed E-state index contributed by atoms with van der Waals surface area (Å²) in [6.07, 6.45) is 0.984. The molecule has 0 saturated carbocycles. The summed E-state index contributed by atoms with van der Waals surface area (Å²) in [5.41, 5.74) is 6.89. The van der Waals surface area contributed by atoms with Gasteiger partial charge in [-0.1, -0.05) is 31.2 Å². The molecule has 2 aromatic rings. The van der Waals surface area contributed by atoms with E-state index in [1.165, 1.54) is 0 Å². The van der Waals surface area contributed by atoms with Crippen LogP contribution in [-0.2, 0) is 0 Å². The van der Waals surface area contributed by atoms with E-state index in [0.717, 1.165) is 12.0 Å². The highest BCUT2D eigenvalue weighted by Gasteiger charge is 2.11. The summed E-state index contributed by atoms with van der Waals surface area (Å²) in [6, 6.07) is 15.1. The molecule has 1 unspecified atom stereocenters. The molecule has 4 heteroatoms. The van der Waals surface area contributed by atoms with Crippen LogP contribution in [0.15, 0.2) is 48.5 Å². The Kier molecular flexibility index (Phi) is 4.95. The van der Waals surface area contributed by atoms with Crippen molar-refractivity contribution in [2.75, 3.05) is 7.05 Å². The highest BCUT2D eigenvalue weighted by Crippen LogP contribution is 2.27. The van der Waals surface area contributed by atoms with E-state index in [2.05, 4.69) is 18.3 Å². The van der Waals surface area contributed by atoms with E-state index in [-0.39, 0.29) is 6.04 Å². The molecule has 1 amide bonds. The van der Waals surface area contributed by atoms with Gasteiger partial charge in [-0.05, 0) is 43.3 Å². The molecule has 0 bridgehead atoms. The number of rotatable bonds is 6. The molecule has 0 aliphatic carbocycles. The number of para-hydroxylation sites is 1. The second kappa shape index (κ2) is 6.90. The Bertz CT molecular complexity index is 622. The smallest absolute Gasteiger partial charge is 0.252 e. The molecule has 2 rings (SSSR count). The summed E-state index contributed by atoms with van der Waals surface area (Å²) in [6.45, 7) is 2.12. The van der Waals surface area contributed by atoms with Crippen LogP contribution in [0.1, 0.15) is 35.3 Å². The number of ether oxygens (including phenoxy) is 1. The van der Waals surface area contributed by atoms with Crippen LogP contribution in [0.25, 0.3) is 0 Å². The monoisotopic (exact) mass is 284 g/mol. The predicted octanol–water partition coefficient (Wildman–Crippen LogP) is 3.25. The van der Waals surface area contributed by atoms with Crippen molar-refractivity contribution in [3.8, 4) is 11.5 Å². The maximum absolute atomic E-state index is 11.4. The summed E-state index contributed by atoms with van der Waals surface area (Å²) in [4.78, 5) is 11.4. The Morgan fingerprint density at radius 2 is 2.00 bits per heavy atom. The molecule has 21 heavy (non-hydrogen) atoms. The van der Waals surface area contributed by atoms with Crippen molar-refractivity contribution in [2.24, 2.45) is 5.73 Å². The van der Waals surface area contributed by atoms with Crippen LogP contribution in [-0.4, -0.2) is 13.0 Å². The van der Waals surface area contributed by atoms with Gasteiger partial charge >= 0.3 is 0 Å². The SMILES string of the molecule is CCC(NC)c1cccc(Oc2ccccc2C(N)=O)c1. The lowest BCUT2D eigenvalue weighted by molar-refractivity contribution is 0.0998. The summed E-state index contributed by atoms with van der Waals surface area (Å²) in [5, 5.41) is 3.26. The molecule has 0 aromatic heterocycles. The van der Waals surface area contributed by atoms with E-state index >= 15 is 0 Å². The topological polar surface area (TPSA) is 64.3 Å². The number of nitrogens with one attached hydrogen (secondary N) is 1. The minimum Gasteiger partial charge on any atom is -0.457 e. The van der Waals surface area contributed by atoms with Crippen LogP contribution in [0.3, 0.4) is 0 Å². The summed E-state index contributed by atoms with van der Waals surface area (Å²) >= 11 is 0. The average molecular weight is 284 g/mol. The molecule has 3 N–H and O–H groups in total. The summed E-state index contributed by atoms with van der Waals surface area (Å²) < 4.78 is 5.82. The highest BCUT2D eigenvalue weighted by atomic mass is 16.5. The normalized spacial score (nSPS) is 11.9. The van der Waals surface area contributed by atoms with Gasteiger partial charge in [-0.25, -0.2) is 0 Å². The van der Waals surface area contributed by atoms with Gasteiger partial charge in [0, 0.05) is 6.04 Å². The standard InChI is InChI=1S/C17H20N2O2/c1-3-15(19-2)12-7-6-8-13(11-12)21-16-10-5-4-9-14(16)17(18)20/h4-11,15,19H,3H2,1-2H3,(H2,18,20). The van der Waals surface area contributed by atoms with E-state index < -0.39 is 5.91 Å². The zero-order valence-corrected chi connectivity index (χ0v) is 12.3. The first-order chi connectivity index (χ1) is 10.2. The van der Waals surface area contributed by atoms with Crippen LogP contribution in [0, 0.1) is 0 Å². The van der Waals surface area contributed by atoms with Crippen molar-refractivity contribution in [2.45, 2.75) is 19.4 Å². The third kappa shape index (κ3) is 3.61. The van der Waals surface area contributed by atoms with E-state index in [1.807, 2.05) is 31.3 Å². The molecule has 0 spiro atoms. The van der Waals surface area contributed by atoms with Crippen molar-refractivity contribution < 1.29 is 9.53 Å². The lowest BCUT2D eigenvalue weighted by atomic mass is 10.0. The Hall–Kier alpha value is -2.33. The van der Waals surface area contributed by atoms with Gasteiger partial charge < -0.3 is 15.8 Å². The van der Waals surface area contributed by atoms with Gasteiger partial charge in [0.1, 0.15) is 11.5 Å². The first-order valence-corrected chi connectivity index (χ1v) is 6.99. The molecule has 0 saturated heterocycles. The van der Waals surface area contributed by atoms with Crippen molar-refractivity contribution in [3.05, 3.63) is 59.7 Å². The van der Waals surface area contributed by atoms with Crippen molar-refractivity contribution >= 4 is 5.91 Å². The molecule has 0 aliphatic heterocycles. The Morgan fingerprint density at radius 3 is 2.67 bits per heavy atom. The van der Waals surface area contributed by atoms with Gasteiger partial charge in [0.05, 0.1) is 5.56 Å². The number of carbonyl (C=O) groups is 1. The molecule has 110 valence electrons. The molecule has 1 atom stereocenters. The maximum Gasteiger partial charge on any atom is 0.252 e. The number of carbonyl (C=O) groups excluding carboxylic acids is 1. The molecule has 0 aliphatic rings. The second-order valence-electron chi connectivity index (χ2n) is 4.78. The van der Waals surface area contributed by atoms with Crippen LogP contribution in [0.5, 0.6) is 11.5 Å². The van der Waals surface area contributed by atoms with Gasteiger partial charge in [0.25, 0.3) is 5.91 Å². The Labute approximate surface area is 124 Å². The minimum atomic E-state index is -0.497. The van der Waals surface area contributed by atoms with Crippen LogP contribution in [0.2, 0.25) is 0 Å². The zero-order valence-electron chi connectivity index (χ0n) is 12.3. The first-order valence-electron chi connectivity index (χ1n) is 6.99. The largest absolute Gasteiger partial charge is 0.457 e. The van der Waals surface area contributed by atoms with Gasteiger partial charge in [0.2, 0.25) is 0 Å². The Balaban J connectivity index is 2.28. The zero-order chi connectivity index (χ0) is 15.2. The summed E-state index contributed by atoms with van der Waals surface area (Å²) in [7, 11) is 1.93. The Morgan fingerprint density at radius 1 is 1.24 bits per heavy atom. The van der Waals surface area contributed by atoms with E-state index in [1.54, 1.807) is 18.2 Å². The molecule has 0 radical (unpaired) electrons. The summed E-state index contributed by atoms with van der Waals surface area (Å²) in [5.74, 6) is 0.665. The van der Waals surface area contributed by atoms with Gasteiger partial charge in [-0.3, -0.25) is 4.79 Å². The van der Waals surface area contributed by atoms with Crippen LogP contribution >= 0.6 is 0 Å².